The third-order valence-electron chi connectivity index (χ3n) is 6.71. The fourth-order valence-electron chi connectivity index (χ4n) is 4.95. The second-order valence-corrected chi connectivity index (χ2v) is 9.99. The number of rotatable bonds is 3. The van der Waals surface area contributed by atoms with Crippen LogP contribution in [0.15, 0.2) is 36.5 Å². The van der Waals surface area contributed by atoms with E-state index >= 15 is 0 Å². The second kappa shape index (κ2) is 8.51. The number of alkyl halides is 1. The molecule has 0 spiro atoms. The van der Waals surface area contributed by atoms with Crippen LogP contribution in [-0.4, -0.2) is 59.9 Å². The summed E-state index contributed by atoms with van der Waals surface area (Å²) in [4.78, 5) is 23.9. The van der Waals surface area contributed by atoms with E-state index in [0.717, 1.165) is 30.8 Å². The summed E-state index contributed by atoms with van der Waals surface area (Å²) in [5.41, 5.74) is 7.44. The third-order valence-corrected chi connectivity index (χ3v) is 8.38. The van der Waals surface area contributed by atoms with Crippen LogP contribution in [0.25, 0.3) is 0 Å². The van der Waals surface area contributed by atoms with Crippen molar-refractivity contribution in [2.45, 2.75) is 42.1 Å². The van der Waals surface area contributed by atoms with E-state index in [1.54, 1.807) is 22.7 Å². The van der Waals surface area contributed by atoms with E-state index in [-0.39, 0.29) is 28.3 Å². The molecule has 3 fully saturated rings. The van der Waals surface area contributed by atoms with Gasteiger partial charge in [0.15, 0.2) is 0 Å². The van der Waals surface area contributed by atoms with Gasteiger partial charge >= 0.3 is 0 Å². The number of pyridine rings is 1. The molecule has 1 aromatic carbocycles. The molecule has 3 aliphatic heterocycles. The number of nitrogens with zero attached hydrogens (tertiary/aromatic N) is 4. The molecule has 0 saturated carbocycles. The van der Waals surface area contributed by atoms with Gasteiger partial charge in [-0.15, -0.1) is 11.8 Å². The van der Waals surface area contributed by atoms with Gasteiger partial charge in [-0.05, 0) is 56.1 Å². The molecule has 0 aliphatic carbocycles. The van der Waals surface area contributed by atoms with Crippen LogP contribution < -0.4 is 15.5 Å². The lowest BCUT2D eigenvalue weighted by molar-refractivity contribution is -0.120. The van der Waals surface area contributed by atoms with Crippen LogP contribution in [0.5, 0.6) is 0 Å². The van der Waals surface area contributed by atoms with Crippen molar-refractivity contribution < 1.29 is 13.6 Å². The number of piperidine rings is 2. The van der Waals surface area contributed by atoms with Gasteiger partial charge in [-0.25, -0.2) is 13.8 Å². The molecule has 6 nitrogen and oxygen atoms in total. The van der Waals surface area contributed by atoms with Gasteiger partial charge < -0.3 is 15.5 Å². The molecule has 1 aromatic heterocycles. The van der Waals surface area contributed by atoms with Crippen molar-refractivity contribution >= 4 is 34.9 Å². The molecule has 1 amide bonds. The summed E-state index contributed by atoms with van der Waals surface area (Å²) in [5, 5.41) is -0.192. The molecule has 0 bridgehead atoms. The van der Waals surface area contributed by atoms with Gasteiger partial charge in [0.25, 0.3) is 0 Å². The number of anilines is 3. The van der Waals surface area contributed by atoms with Gasteiger partial charge in [-0.2, -0.15) is 0 Å². The van der Waals surface area contributed by atoms with Crippen molar-refractivity contribution in [3.63, 3.8) is 0 Å². The first-order valence-electron chi connectivity index (χ1n) is 11.0. The lowest BCUT2D eigenvalue weighted by Crippen LogP contribution is -2.51. The molecule has 3 saturated heterocycles. The number of aromatic nitrogens is 1. The Bertz CT molecular complexity index is 1010. The van der Waals surface area contributed by atoms with E-state index in [0.29, 0.717) is 25.2 Å². The van der Waals surface area contributed by atoms with E-state index in [9.17, 15) is 13.6 Å². The van der Waals surface area contributed by atoms with Crippen molar-refractivity contribution in [2.24, 2.45) is 0 Å². The highest BCUT2D eigenvalue weighted by molar-refractivity contribution is 8.01. The zero-order chi connectivity index (χ0) is 22.4. The Labute approximate surface area is 190 Å². The number of halogens is 2. The molecule has 32 heavy (non-hydrogen) atoms. The third kappa shape index (κ3) is 3.81. The van der Waals surface area contributed by atoms with Crippen molar-refractivity contribution in [3.8, 4) is 0 Å². The Morgan fingerprint density at radius 2 is 2.03 bits per heavy atom. The van der Waals surface area contributed by atoms with Crippen molar-refractivity contribution in [1.29, 1.82) is 0 Å². The van der Waals surface area contributed by atoms with Gasteiger partial charge in [-0.1, -0.05) is 6.07 Å². The van der Waals surface area contributed by atoms with Crippen molar-refractivity contribution in [2.75, 3.05) is 42.2 Å². The fraction of sp³-hybridized carbons (Fsp3) is 0.478. The predicted molar refractivity (Wildman–Crippen MR) is 124 cm³/mol. The van der Waals surface area contributed by atoms with Gasteiger partial charge in [0.1, 0.15) is 23.1 Å². The number of benzene rings is 1. The van der Waals surface area contributed by atoms with E-state index in [2.05, 4.69) is 9.88 Å². The van der Waals surface area contributed by atoms with Crippen LogP contribution in [0, 0.1) is 5.82 Å². The molecule has 0 radical (unpaired) electrons. The molecular formula is C23H27F2N5OS. The Hall–Kier alpha value is -2.39. The van der Waals surface area contributed by atoms with Crippen LogP contribution in [0.1, 0.15) is 30.2 Å². The van der Waals surface area contributed by atoms with Gasteiger partial charge in [0, 0.05) is 31.0 Å². The molecule has 3 aliphatic rings. The van der Waals surface area contributed by atoms with Crippen LogP contribution in [0.2, 0.25) is 0 Å². The number of nitrogen functional groups attached to an aromatic ring is 1. The lowest BCUT2D eigenvalue weighted by Gasteiger charge is -2.36. The summed E-state index contributed by atoms with van der Waals surface area (Å²) in [6.45, 7) is 1.79. The van der Waals surface area contributed by atoms with E-state index in [4.69, 9.17) is 5.73 Å². The summed E-state index contributed by atoms with van der Waals surface area (Å²) in [6, 6.07) is 8.56. The minimum atomic E-state index is -0.796. The first-order valence-corrected chi connectivity index (χ1v) is 12.0. The molecule has 9 heteroatoms. The zero-order valence-corrected chi connectivity index (χ0v) is 18.8. The molecule has 5 rings (SSSR count). The zero-order valence-electron chi connectivity index (χ0n) is 18.0. The minimum absolute atomic E-state index is 0.0176. The second-order valence-electron chi connectivity index (χ2n) is 8.76. The van der Waals surface area contributed by atoms with Gasteiger partial charge in [0.2, 0.25) is 5.91 Å². The van der Waals surface area contributed by atoms with Crippen LogP contribution in [-0.2, 0) is 4.79 Å². The summed E-state index contributed by atoms with van der Waals surface area (Å²) < 4.78 is 27.3. The average molecular weight is 460 g/mol. The largest absolute Gasteiger partial charge is 0.396 e. The van der Waals surface area contributed by atoms with Crippen LogP contribution in [0.3, 0.4) is 0 Å². The number of hydrogen-bond donors (Lipinski definition) is 1. The first-order chi connectivity index (χ1) is 15.4. The summed E-state index contributed by atoms with van der Waals surface area (Å²) in [7, 11) is 2.05. The highest BCUT2D eigenvalue weighted by atomic mass is 32.2. The molecule has 4 atom stereocenters. The fourth-order valence-corrected chi connectivity index (χ4v) is 6.62. The van der Waals surface area contributed by atoms with Crippen molar-refractivity contribution in [1.82, 2.24) is 9.88 Å². The number of carbonyl (C=O) groups is 1. The molecule has 170 valence electrons. The Morgan fingerprint density at radius 1 is 1.19 bits per heavy atom. The molecular weight excluding hydrogens is 432 g/mol. The SMILES string of the molecule is CN1C(c2ccc(N3CCCC(F)C3)nc2)SC2C(=O)N(c3ccc(F)c(N)c3)CCC21. The quantitative estimate of drug-likeness (QED) is 0.708. The van der Waals surface area contributed by atoms with Gasteiger partial charge in [-0.3, -0.25) is 9.69 Å². The maximum absolute atomic E-state index is 13.8. The summed E-state index contributed by atoms with van der Waals surface area (Å²) >= 11 is 1.63. The molecule has 2 N–H and O–H groups in total. The first kappa shape index (κ1) is 21.5. The Balaban J connectivity index is 1.32. The standard InChI is InChI=1S/C23H27F2N5OS/c1-28-19-8-10-30(16-5-6-17(25)18(26)11-16)22(31)21(19)32-23(28)14-4-7-20(27-12-14)29-9-2-3-15(24)13-29/h4-7,11-12,15,19,21,23H,2-3,8-10,13,26H2,1H3. The smallest absolute Gasteiger partial charge is 0.241 e. The number of thioether (sulfide) groups is 1. The molecule has 4 heterocycles. The van der Waals surface area contributed by atoms with Gasteiger partial charge in [0.05, 0.1) is 17.6 Å². The Morgan fingerprint density at radius 3 is 2.75 bits per heavy atom. The maximum atomic E-state index is 13.8. The Kier molecular flexibility index (Phi) is 5.71. The lowest BCUT2D eigenvalue weighted by atomic mass is 10.0. The number of carbonyl (C=O) groups excluding carboxylic acids is 1. The molecule has 2 aromatic rings. The maximum Gasteiger partial charge on any atom is 0.241 e. The number of hydrogen-bond acceptors (Lipinski definition) is 6. The van der Waals surface area contributed by atoms with Crippen molar-refractivity contribution in [3.05, 3.63) is 47.9 Å². The number of nitrogens with two attached hydrogens (primary N) is 1. The summed E-state index contributed by atoms with van der Waals surface area (Å²) in [6.07, 6.45) is 3.34. The average Bonchev–Trinajstić information content (AvgIpc) is 3.13. The minimum Gasteiger partial charge on any atom is -0.396 e. The van der Waals surface area contributed by atoms with E-state index in [1.807, 2.05) is 30.3 Å². The van der Waals surface area contributed by atoms with E-state index < -0.39 is 12.0 Å². The van der Waals surface area contributed by atoms with E-state index in [1.165, 1.54) is 12.1 Å². The summed E-state index contributed by atoms with van der Waals surface area (Å²) in [5.74, 6) is 0.350. The van der Waals surface area contributed by atoms with Crippen LogP contribution in [0.4, 0.5) is 26.0 Å². The normalized spacial score (nSPS) is 28.8. The number of fused-ring (bicyclic) bond motifs is 1. The monoisotopic (exact) mass is 459 g/mol. The predicted octanol–water partition coefficient (Wildman–Crippen LogP) is 3.59. The van der Waals surface area contributed by atoms with Crippen LogP contribution >= 0.6 is 11.8 Å². The topological polar surface area (TPSA) is 65.7 Å². The highest BCUT2D eigenvalue weighted by Gasteiger charge is 2.48. The molecule has 4 unspecified atom stereocenters. The highest BCUT2D eigenvalue weighted by Crippen LogP contribution is 2.48. The number of amides is 1.